The molecule has 4 rings (SSSR count). The first-order chi connectivity index (χ1) is 16.3. The van der Waals surface area contributed by atoms with Crippen LogP contribution in [0.15, 0.2) is 48.5 Å². The summed E-state index contributed by atoms with van der Waals surface area (Å²) in [5.41, 5.74) is 1.23. The Morgan fingerprint density at radius 2 is 1.06 bits per heavy atom. The second kappa shape index (κ2) is 9.41. The van der Waals surface area contributed by atoms with Crippen LogP contribution in [-0.2, 0) is 0 Å². The minimum atomic E-state index is -1.12. The van der Waals surface area contributed by atoms with E-state index in [0.29, 0.717) is 54.2 Å². The van der Waals surface area contributed by atoms with Crippen molar-refractivity contribution >= 4 is 56.7 Å². The predicted molar refractivity (Wildman–Crippen MR) is 133 cm³/mol. The summed E-state index contributed by atoms with van der Waals surface area (Å²) in [5.74, 6) is -1.59. The van der Waals surface area contributed by atoms with Gasteiger partial charge in [-0.3, -0.25) is 0 Å². The number of hydrogen-bond donors (Lipinski definition) is 2. The minimum Gasteiger partial charge on any atom is -0.493 e. The third-order valence-electron chi connectivity index (χ3n) is 5.44. The van der Waals surface area contributed by atoms with E-state index >= 15 is 0 Å². The first kappa shape index (κ1) is 23.7. The molecule has 0 fully saturated rings. The van der Waals surface area contributed by atoms with Crippen LogP contribution in [0.25, 0.3) is 32.7 Å². The van der Waals surface area contributed by atoms with Gasteiger partial charge in [-0.05, 0) is 71.8 Å². The fraction of sp³-hybridized carbons (Fsp3) is 0.154. The molecule has 0 unspecified atom stereocenters. The van der Waals surface area contributed by atoms with E-state index < -0.39 is 11.9 Å². The summed E-state index contributed by atoms with van der Waals surface area (Å²) >= 11 is 12.4. The fourth-order valence-electron chi connectivity index (χ4n) is 4.15. The fourth-order valence-corrected chi connectivity index (χ4v) is 4.49. The van der Waals surface area contributed by atoms with Crippen molar-refractivity contribution in [1.82, 2.24) is 0 Å². The molecule has 4 aromatic carbocycles. The lowest BCUT2D eigenvalue weighted by Gasteiger charge is -2.21. The first-order valence-corrected chi connectivity index (χ1v) is 11.3. The lowest BCUT2D eigenvalue weighted by Crippen LogP contribution is -2.05. The predicted octanol–water partition coefficient (Wildman–Crippen LogP) is 7.16. The van der Waals surface area contributed by atoms with Gasteiger partial charge < -0.3 is 19.7 Å². The molecule has 6 nitrogen and oxygen atoms in total. The van der Waals surface area contributed by atoms with E-state index in [1.54, 1.807) is 50.2 Å². The van der Waals surface area contributed by atoms with Crippen molar-refractivity contribution < 1.29 is 29.3 Å². The molecule has 0 aromatic heterocycles. The third kappa shape index (κ3) is 4.11. The van der Waals surface area contributed by atoms with Gasteiger partial charge in [-0.15, -0.1) is 0 Å². The Hall–Kier alpha value is -3.48. The lowest BCUT2D eigenvalue weighted by atomic mass is 9.88. The van der Waals surface area contributed by atoms with Gasteiger partial charge in [0.25, 0.3) is 0 Å². The van der Waals surface area contributed by atoms with Gasteiger partial charge in [-0.25, -0.2) is 9.59 Å². The molecule has 0 bridgehead atoms. The van der Waals surface area contributed by atoms with Gasteiger partial charge in [0.1, 0.15) is 11.5 Å². The average Bonchev–Trinajstić information content (AvgIpc) is 2.78. The third-order valence-corrected chi connectivity index (χ3v) is 5.91. The van der Waals surface area contributed by atoms with Crippen LogP contribution >= 0.6 is 23.2 Å². The van der Waals surface area contributed by atoms with E-state index in [2.05, 4.69) is 0 Å². The quantitative estimate of drug-likeness (QED) is 0.280. The van der Waals surface area contributed by atoms with Crippen LogP contribution in [0.1, 0.15) is 34.6 Å². The molecule has 0 atom stereocenters. The molecular weight excluding hydrogens is 479 g/mol. The zero-order valence-corrected chi connectivity index (χ0v) is 19.8. The SMILES string of the molecule is CCOc1cc(C(=O)O)c2cc(Cl)ccc2c1-c1c(OCC)cc(C(=O)O)c2cc(Cl)ccc12. The monoisotopic (exact) mass is 498 g/mol. The molecule has 2 N–H and O–H groups in total. The smallest absolute Gasteiger partial charge is 0.336 e. The van der Waals surface area contributed by atoms with Crippen molar-refractivity contribution in [3.8, 4) is 22.6 Å². The van der Waals surface area contributed by atoms with Crippen molar-refractivity contribution in [3.63, 3.8) is 0 Å². The molecule has 0 aliphatic heterocycles. The van der Waals surface area contributed by atoms with Crippen LogP contribution < -0.4 is 9.47 Å². The van der Waals surface area contributed by atoms with Crippen molar-refractivity contribution in [2.45, 2.75) is 13.8 Å². The van der Waals surface area contributed by atoms with Gasteiger partial charge in [0.2, 0.25) is 0 Å². The maximum atomic E-state index is 12.1. The Labute approximate surface area is 205 Å². The second-order valence-electron chi connectivity index (χ2n) is 7.45. The molecule has 4 aromatic rings. The number of carboxylic acid groups (broad SMARTS) is 2. The summed E-state index contributed by atoms with van der Waals surface area (Å²) < 4.78 is 11.8. The molecule has 0 saturated heterocycles. The molecule has 174 valence electrons. The van der Waals surface area contributed by atoms with Crippen molar-refractivity contribution in [1.29, 1.82) is 0 Å². The highest BCUT2D eigenvalue weighted by molar-refractivity contribution is 6.32. The number of carbonyl (C=O) groups is 2. The number of benzene rings is 4. The maximum Gasteiger partial charge on any atom is 0.336 e. The normalized spacial score (nSPS) is 11.1. The molecular formula is C26H20Cl2O6. The van der Waals surface area contributed by atoms with E-state index in [1.807, 2.05) is 0 Å². The summed E-state index contributed by atoms with van der Waals surface area (Å²) in [6.45, 7) is 4.16. The Morgan fingerprint density at radius 1 is 0.676 bits per heavy atom. The number of aromatic carboxylic acids is 2. The standard InChI is InChI=1S/C26H20Cl2O6/c1-3-33-21-11-19(25(29)30)17-9-13(27)5-7-15(17)23(21)24-16-8-6-14(28)10-18(16)20(26(31)32)12-22(24)34-4-2/h5-12H,3-4H2,1-2H3,(H,29,30)(H,31,32). The van der Waals surface area contributed by atoms with E-state index in [4.69, 9.17) is 32.7 Å². The van der Waals surface area contributed by atoms with E-state index in [9.17, 15) is 19.8 Å². The second-order valence-corrected chi connectivity index (χ2v) is 8.32. The molecule has 8 heteroatoms. The molecule has 34 heavy (non-hydrogen) atoms. The summed E-state index contributed by atoms with van der Waals surface area (Å²) in [6.07, 6.45) is 0. The van der Waals surface area contributed by atoms with E-state index in [1.165, 1.54) is 12.1 Å². The number of carboxylic acids is 2. The van der Waals surface area contributed by atoms with Crippen LogP contribution in [0, 0.1) is 0 Å². The van der Waals surface area contributed by atoms with Crippen LogP contribution in [-0.4, -0.2) is 35.4 Å². The van der Waals surface area contributed by atoms with Gasteiger partial charge in [0.15, 0.2) is 0 Å². The maximum absolute atomic E-state index is 12.1. The van der Waals surface area contributed by atoms with Crippen LogP contribution in [0.4, 0.5) is 0 Å². The minimum absolute atomic E-state index is 0.0390. The van der Waals surface area contributed by atoms with Gasteiger partial charge in [-0.1, -0.05) is 35.3 Å². The Balaban J connectivity index is 2.26. The number of hydrogen-bond acceptors (Lipinski definition) is 4. The Kier molecular flexibility index (Phi) is 6.55. The molecule has 0 saturated carbocycles. The van der Waals surface area contributed by atoms with Crippen molar-refractivity contribution in [3.05, 3.63) is 69.7 Å². The number of ether oxygens (including phenoxy) is 2. The van der Waals surface area contributed by atoms with Gasteiger partial charge in [0.05, 0.1) is 24.3 Å². The number of rotatable bonds is 7. The highest BCUT2D eigenvalue weighted by atomic mass is 35.5. The lowest BCUT2D eigenvalue weighted by molar-refractivity contribution is 0.0687. The van der Waals surface area contributed by atoms with Crippen molar-refractivity contribution in [2.24, 2.45) is 0 Å². The average molecular weight is 499 g/mol. The van der Waals surface area contributed by atoms with Crippen molar-refractivity contribution in [2.75, 3.05) is 13.2 Å². The largest absolute Gasteiger partial charge is 0.493 e. The summed E-state index contributed by atoms with van der Waals surface area (Å²) in [5, 5.41) is 22.5. The number of halogens is 2. The zero-order valence-electron chi connectivity index (χ0n) is 18.3. The molecule has 0 radical (unpaired) electrons. The Bertz CT molecular complexity index is 1350. The van der Waals surface area contributed by atoms with Crippen LogP contribution in [0.2, 0.25) is 10.0 Å². The highest BCUT2D eigenvalue weighted by Crippen LogP contribution is 2.48. The number of fused-ring (bicyclic) bond motifs is 2. The Morgan fingerprint density at radius 3 is 1.38 bits per heavy atom. The molecule has 0 aliphatic carbocycles. The molecule has 0 heterocycles. The summed E-state index contributed by atoms with van der Waals surface area (Å²) in [6, 6.07) is 12.9. The topological polar surface area (TPSA) is 93.1 Å². The molecule has 0 aliphatic rings. The first-order valence-electron chi connectivity index (χ1n) is 10.5. The van der Waals surface area contributed by atoms with Crippen LogP contribution in [0.5, 0.6) is 11.5 Å². The van der Waals surface area contributed by atoms with Gasteiger partial charge in [-0.2, -0.15) is 0 Å². The van der Waals surface area contributed by atoms with Gasteiger partial charge in [0, 0.05) is 21.2 Å². The summed E-state index contributed by atoms with van der Waals surface area (Å²) in [7, 11) is 0. The molecule has 0 amide bonds. The van der Waals surface area contributed by atoms with Gasteiger partial charge >= 0.3 is 11.9 Å². The van der Waals surface area contributed by atoms with E-state index in [-0.39, 0.29) is 24.3 Å². The highest BCUT2D eigenvalue weighted by Gasteiger charge is 2.25. The van der Waals surface area contributed by atoms with Crippen LogP contribution in [0.3, 0.4) is 0 Å². The summed E-state index contributed by atoms with van der Waals surface area (Å²) in [4.78, 5) is 24.1. The van der Waals surface area contributed by atoms with E-state index in [0.717, 1.165) is 0 Å². The molecule has 0 spiro atoms. The zero-order chi connectivity index (χ0) is 24.6.